The number of ether oxygens (including phenoxy) is 1. The summed E-state index contributed by atoms with van der Waals surface area (Å²) in [5, 5.41) is 4.04. The predicted molar refractivity (Wildman–Crippen MR) is 74.9 cm³/mol. The maximum Gasteiger partial charge on any atom is 0.327 e. The van der Waals surface area contributed by atoms with Gasteiger partial charge in [-0.15, -0.1) is 0 Å². The van der Waals surface area contributed by atoms with Crippen molar-refractivity contribution in [3.8, 4) is 0 Å². The Balaban J connectivity index is 2.22. The third-order valence-corrected chi connectivity index (χ3v) is 3.71. The number of halogens is 1. The van der Waals surface area contributed by atoms with E-state index in [1.807, 2.05) is 4.90 Å². The average Bonchev–Trinajstić information content (AvgIpc) is 2.45. The molecule has 0 spiro atoms. The van der Waals surface area contributed by atoms with Crippen molar-refractivity contribution in [3.63, 3.8) is 0 Å². The van der Waals surface area contributed by atoms with Gasteiger partial charge in [-0.1, -0.05) is 11.6 Å². The van der Waals surface area contributed by atoms with Gasteiger partial charge < -0.3 is 15.4 Å². The Labute approximate surface area is 121 Å². The Morgan fingerprint density at radius 3 is 2.80 bits per heavy atom. The number of hydrogen-bond donors (Lipinski definition) is 1. The van der Waals surface area contributed by atoms with E-state index in [2.05, 4.69) is 9.84 Å². The molecule has 1 fully saturated rings. The minimum absolute atomic E-state index is 0.0689. The average molecular weight is 301 g/mol. The number of piperidine rings is 1. The van der Waals surface area contributed by atoms with Gasteiger partial charge in [0.2, 0.25) is 0 Å². The van der Waals surface area contributed by atoms with E-state index in [0.717, 1.165) is 30.6 Å². The predicted octanol–water partition coefficient (Wildman–Crippen LogP) is -0.00280. The topological polar surface area (TPSA) is 90.5 Å². The first-order chi connectivity index (χ1) is 9.52. The molecule has 1 aromatic heterocycles. The van der Waals surface area contributed by atoms with Crippen molar-refractivity contribution in [2.75, 3.05) is 25.1 Å². The van der Waals surface area contributed by atoms with Crippen molar-refractivity contribution >= 4 is 23.3 Å². The van der Waals surface area contributed by atoms with Gasteiger partial charge in [0.25, 0.3) is 5.56 Å². The summed E-state index contributed by atoms with van der Waals surface area (Å²) < 4.78 is 5.49. The zero-order chi connectivity index (χ0) is 14.7. The number of nitrogens with two attached hydrogens (primary N) is 1. The molecule has 1 aliphatic rings. The fraction of sp³-hybridized carbons (Fsp3) is 0.583. The summed E-state index contributed by atoms with van der Waals surface area (Å²) in [7, 11) is 1.25. The minimum atomic E-state index is -0.549. The van der Waals surface area contributed by atoms with Gasteiger partial charge in [-0.25, -0.2) is 4.68 Å². The number of carbonyl (C=O) groups excluding carboxylic acids is 1. The monoisotopic (exact) mass is 300 g/mol. The van der Waals surface area contributed by atoms with Crippen LogP contribution in [0, 0.1) is 0 Å². The minimum Gasteiger partial charge on any atom is -0.468 e. The molecule has 0 bridgehead atoms. The fourth-order valence-electron chi connectivity index (χ4n) is 2.12. The number of nitrogens with zero attached hydrogens (tertiary/aromatic N) is 3. The highest BCUT2D eigenvalue weighted by molar-refractivity contribution is 6.33. The van der Waals surface area contributed by atoms with E-state index in [1.54, 1.807) is 0 Å². The standard InChI is InChI=1S/C12H17ClN4O3/c1-20-10(18)7-17-12(19)11(13)9(6-15-17)16-4-2-8(14)3-5-16/h6,8H,2-5,7,14H2,1H3. The highest BCUT2D eigenvalue weighted by Gasteiger charge is 2.21. The van der Waals surface area contributed by atoms with Crippen molar-refractivity contribution in [3.05, 3.63) is 21.6 Å². The molecule has 2 rings (SSSR count). The number of rotatable bonds is 3. The van der Waals surface area contributed by atoms with Crippen molar-refractivity contribution < 1.29 is 9.53 Å². The molecule has 0 saturated carbocycles. The summed E-state index contributed by atoms with van der Waals surface area (Å²) in [5.41, 5.74) is 5.94. The van der Waals surface area contributed by atoms with Gasteiger partial charge in [-0.3, -0.25) is 9.59 Å². The number of hydrogen-bond acceptors (Lipinski definition) is 6. The third-order valence-electron chi connectivity index (χ3n) is 3.35. The Morgan fingerprint density at radius 2 is 2.20 bits per heavy atom. The molecule has 0 aromatic carbocycles. The summed E-state index contributed by atoms with van der Waals surface area (Å²) in [6.07, 6.45) is 3.20. The number of carbonyl (C=O) groups is 1. The van der Waals surface area contributed by atoms with Crippen molar-refractivity contribution in [1.82, 2.24) is 9.78 Å². The number of anilines is 1. The lowest BCUT2D eigenvalue weighted by Crippen LogP contribution is -2.41. The summed E-state index contributed by atoms with van der Waals surface area (Å²) in [6.45, 7) is 1.23. The number of methoxy groups -OCH3 is 1. The van der Waals surface area contributed by atoms with E-state index in [0.29, 0.717) is 5.69 Å². The van der Waals surface area contributed by atoms with Gasteiger partial charge in [0, 0.05) is 19.1 Å². The van der Waals surface area contributed by atoms with E-state index in [4.69, 9.17) is 17.3 Å². The van der Waals surface area contributed by atoms with Crippen LogP contribution in [0.1, 0.15) is 12.8 Å². The van der Waals surface area contributed by atoms with E-state index in [-0.39, 0.29) is 17.6 Å². The molecule has 1 aromatic rings. The highest BCUT2D eigenvalue weighted by Crippen LogP contribution is 2.24. The number of aromatic nitrogens is 2. The Hall–Kier alpha value is -1.60. The molecule has 20 heavy (non-hydrogen) atoms. The lowest BCUT2D eigenvalue weighted by Gasteiger charge is -2.32. The lowest BCUT2D eigenvalue weighted by molar-refractivity contribution is -0.141. The van der Waals surface area contributed by atoms with Crippen LogP contribution in [0.3, 0.4) is 0 Å². The van der Waals surface area contributed by atoms with Crippen LogP contribution >= 0.6 is 11.6 Å². The molecule has 110 valence electrons. The van der Waals surface area contributed by atoms with Gasteiger partial charge in [0.1, 0.15) is 11.6 Å². The first-order valence-corrected chi connectivity index (χ1v) is 6.73. The van der Waals surface area contributed by atoms with E-state index in [9.17, 15) is 9.59 Å². The zero-order valence-electron chi connectivity index (χ0n) is 11.2. The van der Waals surface area contributed by atoms with Crippen LogP contribution in [0.2, 0.25) is 5.02 Å². The smallest absolute Gasteiger partial charge is 0.327 e. The molecule has 2 heterocycles. The maximum absolute atomic E-state index is 12.1. The Bertz CT molecular complexity index is 552. The third kappa shape index (κ3) is 3.10. The van der Waals surface area contributed by atoms with Crippen LogP contribution in [-0.4, -0.2) is 42.0 Å². The molecule has 0 atom stereocenters. The first kappa shape index (κ1) is 14.8. The Kier molecular flexibility index (Phi) is 4.61. The van der Waals surface area contributed by atoms with Gasteiger partial charge in [-0.05, 0) is 12.8 Å². The Morgan fingerprint density at radius 1 is 1.55 bits per heavy atom. The summed E-state index contributed by atoms with van der Waals surface area (Å²) >= 11 is 6.10. The van der Waals surface area contributed by atoms with E-state index in [1.165, 1.54) is 13.3 Å². The van der Waals surface area contributed by atoms with Crippen LogP contribution in [-0.2, 0) is 16.1 Å². The van der Waals surface area contributed by atoms with Gasteiger partial charge in [0.15, 0.2) is 0 Å². The largest absolute Gasteiger partial charge is 0.468 e. The summed E-state index contributed by atoms with van der Waals surface area (Å²) in [4.78, 5) is 25.2. The SMILES string of the molecule is COC(=O)Cn1ncc(N2CCC(N)CC2)c(Cl)c1=O. The van der Waals surface area contributed by atoms with Crippen LogP contribution in [0.5, 0.6) is 0 Å². The van der Waals surface area contributed by atoms with E-state index >= 15 is 0 Å². The fourth-order valence-corrected chi connectivity index (χ4v) is 2.38. The molecule has 0 unspecified atom stereocenters. The zero-order valence-corrected chi connectivity index (χ0v) is 12.0. The molecule has 8 heteroatoms. The van der Waals surface area contributed by atoms with Gasteiger partial charge in [0.05, 0.1) is 19.0 Å². The molecule has 1 aliphatic heterocycles. The summed E-state index contributed by atoms with van der Waals surface area (Å²) in [6, 6.07) is 0.192. The van der Waals surface area contributed by atoms with Gasteiger partial charge >= 0.3 is 5.97 Å². The molecule has 2 N–H and O–H groups in total. The maximum atomic E-state index is 12.1. The molecule has 0 radical (unpaired) electrons. The molecule has 0 amide bonds. The van der Waals surface area contributed by atoms with Crippen LogP contribution in [0.4, 0.5) is 5.69 Å². The first-order valence-electron chi connectivity index (χ1n) is 6.36. The van der Waals surface area contributed by atoms with Crippen LogP contribution < -0.4 is 16.2 Å². The molecule has 7 nitrogen and oxygen atoms in total. The second-order valence-corrected chi connectivity index (χ2v) is 5.09. The molecule has 1 saturated heterocycles. The second kappa shape index (κ2) is 6.23. The van der Waals surface area contributed by atoms with Crippen LogP contribution in [0.25, 0.3) is 0 Å². The van der Waals surface area contributed by atoms with Crippen molar-refractivity contribution in [1.29, 1.82) is 0 Å². The summed E-state index contributed by atoms with van der Waals surface area (Å²) in [5.74, 6) is -0.549. The second-order valence-electron chi connectivity index (χ2n) is 4.71. The quantitative estimate of drug-likeness (QED) is 0.790. The normalized spacial score (nSPS) is 16.2. The molecular weight excluding hydrogens is 284 g/mol. The highest BCUT2D eigenvalue weighted by atomic mass is 35.5. The molecular formula is C12H17ClN4O3. The number of esters is 1. The van der Waals surface area contributed by atoms with Crippen molar-refractivity contribution in [2.24, 2.45) is 5.73 Å². The lowest BCUT2D eigenvalue weighted by atomic mass is 10.1. The molecule has 0 aliphatic carbocycles. The van der Waals surface area contributed by atoms with Crippen LogP contribution in [0.15, 0.2) is 11.0 Å². The van der Waals surface area contributed by atoms with E-state index < -0.39 is 11.5 Å². The van der Waals surface area contributed by atoms with Gasteiger partial charge in [-0.2, -0.15) is 5.10 Å². The van der Waals surface area contributed by atoms with Crippen molar-refractivity contribution in [2.45, 2.75) is 25.4 Å².